The normalized spacial score (nSPS) is 14.3. The highest BCUT2D eigenvalue weighted by Crippen LogP contribution is 2.52. The summed E-state index contributed by atoms with van der Waals surface area (Å²) < 4.78 is 0. The van der Waals surface area contributed by atoms with Crippen LogP contribution in [0.2, 0.25) is 0 Å². The van der Waals surface area contributed by atoms with Crippen LogP contribution in [0, 0.1) is 0 Å². The van der Waals surface area contributed by atoms with Crippen LogP contribution in [-0.4, -0.2) is 0 Å². The zero-order chi connectivity index (χ0) is 32.2. The SMILES string of the molecule is CC1(C)c2cc(-c3ccccc3)ccc2-c2ccc(N(c3ccc4ccccc4c3)c3cc4ccc3CCc3ccc(cc3)CC4)cc21. The van der Waals surface area contributed by atoms with Crippen molar-refractivity contribution in [2.75, 3.05) is 4.90 Å². The van der Waals surface area contributed by atoms with Crippen molar-refractivity contribution in [1.29, 1.82) is 0 Å². The molecule has 0 saturated carbocycles. The maximum Gasteiger partial charge on any atom is 0.0496 e. The summed E-state index contributed by atoms with van der Waals surface area (Å²) in [4.78, 5) is 2.54. The van der Waals surface area contributed by atoms with Crippen LogP contribution in [0.4, 0.5) is 17.1 Å². The van der Waals surface area contributed by atoms with Crippen LogP contribution in [-0.2, 0) is 31.1 Å². The average Bonchev–Trinajstić information content (AvgIpc) is 3.35. The van der Waals surface area contributed by atoms with Gasteiger partial charge >= 0.3 is 0 Å². The number of hydrogen-bond donors (Lipinski definition) is 0. The van der Waals surface area contributed by atoms with Crippen LogP contribution in [0.1, 0.15) is 47.2 Å². The van der Waals surface area contributed by atoms with E-state index in [-0.39, 0.29) is 5.41 Å². The van der Waals surface area contributed by atoms with E-state index >= 15 is 0 Å². The summed E-state index contributed by atoms with van der Waals surface area (Å²) in [5, 5.41) is 2.52. The molecule has 4 bridgehead atoms. The summed E-state index contributed by atoms with van der Waals surface area (Å²) in [6.07, 6.45) is 4.08. The summed E-state index contributed by atoms with van der Waals surface area (Å²) >= 11 is 0. The quantitative estimate of drug-likeness (QED) is 0.190. The van der Waals surface area contributed by atoms with Crippen LogP contribution >= 0.6 is 0 Å². The number of nitrogens with zero attached hydrogens (tertiary/aromatic N) is 1. The van der Waals surface area contributed by atoms with E-state index in [9.17, 15) is 0 Å². The molecule has 0 radical (unpaired) electrons. The van der Waals surface area contributed by atoms with E-state index in [0.29, 0.717) is 0 Å². The molecule has 0 heterocycles. The van der Waals surface area contributed by atoms with Crippen LogP contribution < -0.4 is 4.90 Å². The number of benzene rings is 7. The van der Waals surface area contributed by atoms with E-state index in [0.717, 1.165) is 25.7 Å². The van der Waals surface area contributed by atoms with Crippen molar-refractivity contribution in [2.45, 2.75) is 44.9 Å². The third-order valence-electron chi connectivity index (χ3n) is 10.8. The number of rotatable bonds is 4. The highest BCUT2D eigenvalue weighted by atomic mass is 15.1. The highest BCUT2D eigenvalue weighted by Gasteiger charge is 2.36. The average molecular weight is 618 g/mol. The van der Waals surface area contributed by atoms with E-state index < -0.39 is 0 Å². The molecule has 0 saturated heterocycles. The molecule has 5 aliphatic rings. The van der Waals surface area contributed by atoms with E-state index in [1.807, 2.05) is 0 Å². The minimum Gasteiger partial charge on any atom is -0.310 e. The molecule has 5 aliphatic carbocycles. The van der Waals surface area contributed by atoms with E-state index in [2.05, 4.69) is 170 Å². The third-order valence-corrected chi connectivity index (χ3v) is 10.8. The van der Waals surface area contributed by atoms with Crippen molar-refractivity contribution < 1.29 is 0 Å². The molecule has 1 heteroatoms. The van der Waals surface area contributed by atoms with Gasteiger partial charge in [-0.2, -0.15) is 0 Å². The van der Waals surface area contributed by atoms with E-state index in [4.69, 9.17) is 0 Å². The molecule has 7 aromatic carbocycles. The lowest BCUT2D eigenvalue weighted by molar-refractivity contribution is 0.660. The summed E-state index contributed by atoms with van der Waals surface area (Å²) in [6.45, 7) is 4.79. The standard InChI is InChI=1S/C47H39N/c1-47(2)44-30-39(35-8-4-3-5-9-35)23-26-42(44)43-27-25-41(31-45(43)47)48(40-24-22-36-10-6-7-11-38(36)29-40)46-28-34-17-16-32-12-14-33(15-13-32)18-20-37(46)21-19-34/h3-15,19,21-31H,16-18,20H2,1-2H3. The van der Waals surface area contributed by atoms with Crippen molar-refractivity contribution in [3.63, 3.8) is 0 Å². The van der Waals surface area contributed by atoms with Crippen molar-refractivity contribution >= 4 is 27.8 Å². The molecule has 1 nitrogen and oxygen atoms in total. The molecule has 0 amide bonds. The Kier molecular flexibility index (Phi) is 6.83. The lowest BCUT2D eigenvalue weighted by atomic mass is 9.81. The minimum atomic E-state index is -0.131. The first kappa shape index (κ1) is 28.8. The monoisotopic (exact) mass is 617 g/mol. The fourth-order valence-corrected chi connectivity index (χ4v) is 8.04. The number of hydrogen-bond acceptors (Lipinski definition) is 1. The van der Waals surface area contributed by atoms with Gasteiger partial charge in [0, 0.05) is 22.5 Å². The molecule has 232 valence electrons. The van der Waals surface area contributed by atoms with Crippen molar-refractivity contribution in [3.05, 3.63) is 185 Å². The molecule has 0 unspecified atom stereocenters. The van der Waals surface area contributed by atoms with Gasteiger partial charge in [-0.25, -0.2) is 0 Å². The van der Waals surface area contributed by atoms with Gasteiger partial charge in [0.2, 0.25) is 0 Å². The maximum absolute atomic E-state index is 2.54. The Hall–Kier alpha value is -5.40. The first-order valence-corrected chi connectivity index (χ1v) is 17.3. The fraction of sp³-hybridized carbons (Fsp3) is 0.149. The van der Waals surface area contributed by atoms with Crippen molar-refractivity contribution in [2.24, 2.45) is 0 Å². The van der Waals surface area contributed by atoms with Gasteiger partial charge in [0.1, 0.15) is 0 Å². The third kappa shape index (κ3) is 4.93. The molecule has 0 spiro atoms. The molecular weight excluding hydrogens is 579 g/mol. The second-order valence-corrected chi connectivity index (χ2v) is 14.1. The fourth-order valence-electron chi connectivity index (χ4n) is 8.04. The zero-order valence-electron chi connectivity index (χ0n) is 27.7. The number of fused-ring (bicyclic) bond motifs is 4. The molecule has 12 rings (SSSR count). The molecule has 0 aromatic heterocycles. The van der Waals surface area contributed by atoms with Crippen LogP contribution in [0.15, 0.2) is 152 Å². The lowest BCUT2D eigenvalue weighted by Gasteiger charge is -2.30. The predicted octanol–water partition coefficient (Wildman–Crippen LogP) is 12.2. The zero-order valence-corrected chi connectivity index (χ0v) is 27.7. The van der Waals surface area contributed by atoms with Crippen LogP contribution in [0.3, 0.4) is 0 Å². The van der Waals surface area contributed by atoms with Gasteiger partial charge in [-0.15, -0.1) is 0 Å². The van der Waals surface area contributed by atoms with Gasteiger partial charge in [-0.1, -0.05) is 129 Å². The molecular formula is C47H39N. The Morgan fingerprint density at radius 1 is 0.438 bits per heavy atom. The number of anilines is 3. The van der Waals surface area contributed by atoms with E-state index in [1.165, 1.54) is 83.5 Å². The summed E-state index contributed by atoms with van der Waals surface area (Å²) in [6, 6.07) is 57.2. The predicted molar refractivity (Wildman–Crippen MR) is 203 cm³/mol. The summed E-state index contributed by atoms with van der Waals surface area (Å²) in [5.74, 6) is 0. The van der Waals surface area contributed by atoms with Gasteiger partial charge in [0.05, 0.1) is 0 Å². The van der Waals surface area contributed by atoms with Crippen molar-refractivity contribution in [1.82, 2.24) is 0 Å². The second-order valence-electron chi connectivity index (χ2n) is 14.1. The Morgan fingerprint density at radius 2 is 1.04 bits per heavy atom. The van der Waals surface area contributed by atoms with Crippen LogP contribution in [0.5, 0.6) is 0 Å². The summed E-state index contributed by atoms with van der Waals surface area (Å²) in [7, 11) is 0. The first-order valence-electron chi connectivity index (χ1n) is 17.3. The topological polar surface area (TPSA) is 3.24 Å². The Balaban J connectivity index is 1.20. The molecule has 48 heavy (non-hydrogen) atoms. The Bertz CT molecular complexity index is 2310. The summed E-state index contributed by atoms with van der Waals surface area (Å²) in [5.41, 5.74) is 17.2. The van der Waals surface area contributed by atoms with Gasteiger partial charge in [0.15, 0.2) is 0 Å². The molecule has 7 aromatic rings. The van der Waals surface area contributed by atoms with Crippen LogP contribution in [0.25, 0.3) is 33.0 Å². The minimum absolute atomic E-state index is 0.131. The van der Waals surface area contributed by atoms with Gasteiger partial charge < -0.3 is 4.90 Å². The van der Waals surface area contributed by atoms with Gasteiger partial charge in [-0.05, 0) is 128 Å². The smallest absolute Gasteiger partial charge is 0.0496 e. The van der Waals surface area contributed by atoms with E-state index in [1.54, 1.807) is 0 Å². The first-order chi connectivity index (χ1) is 23.5. The largest absolute Gasteiger partial charge is 0.310 e. The molecule has 0 N–H and O–H groups in total. The molecule has 0 atom stereocenters. The Morgan fingerprint density at radius 3 is 1.83 bits per heavy atom. The van der Waals surface area contributed by atoms with Gasteiger partial charge in [-0.3, -0.25) is 0 Å². The maximum atomic E-state index is 2.54. The van der Waals surface area contributed by atoms with Gasteiger partial charge in [0.25, 0.3) is 0 Å². The molecule has 0 fully saturated rings. The lowest BCUT2D eigenvalue weighted by Crippen LogP contribution is -2.17. The second kappa shape index (κ2) is 11.4. The van der Waals surface area contributed by atoms with Crippen molar-refractivity contribution in [3.8, 4) is 22.3 Å². The number of aryl methyl sites for hydroxylation is 4. The Labute approximate surface area is 284 Å². The molecule has 0 aliphatic heterocycles. The highest BCUT2D eigenvalue weighted by molar-refractivity contribution is 5.91.